The first kappa shape index (κ1) is 22.0. The predicted octanol–water partition coefficient (Wildman–Crippen LogP) is 1.77. The van der Waals surface area contributed by atoms with Gasteiger partial charge in [-0.3, -0.25) is 9.79 Å². The predicted molar refractivity (Wildman–Crippen MR) is 110 cm³/mol. The Bertz CT molecular complexity index is 618. The number of anilines is 1. The van der Waals surface area contributed by atoms with Crippen molar-refractivity contribution < 1.29 is 19.0 Å². The molecular formula is C20H32N4O4. The second-order valence-electron chi connectivity index (χ2n) is 6.55. The third-order valence-corrected chi connectivity index (χ3v) is 4.13. The van der Waals surface area contributed by atoms with Gasteiger partial charge in [-0.15, -0.1) is 0 Å². The number of benzene rings is 1. The number of ether oxygens (including phenoxy) is 3. The molecule has 0 aromatic heterocycles. The van der Waals surface area contributed by atoms with Gasteiger partial charge in [0.15, 0.2) is 5.96 Å². The van der Waals surface area contributed by atoms with E-state index in [4.69, 9.17) is 14.2 Å². The van der Waals surface area contributed by atoms with Crippen molar-refractivity contribution in [2.75, 3.05) is 51.9 Å². The molecule has 8 heteroatoms. The van der Waals surface area contributed by atoms with Crippen molar-refractivity contribution in [2.24, 2.45) is 4.99 Å². The maximum absolute atomic E-state index is 11.1. The first-order chi connectivity index (χ1) is 13.7. The fourth-order valence-corrected chi connectivity index (χ4v) is 2.80. The number of rotatable bonds is 11. The summed E-state index contributed by atoms with van der Waals surface area (Å²) in [6, 6.07) is 7.32. The summed E-state index contributed by atoms with van der Waals surface area (Å²) in [7, 11) is 1.74. The van der Waals surface area contributed by atoms with E-state index in [0.717, 1.165) is 44.1 Å². The van der Waals surface area contributed by atoms with Gasteiger partial charge in [-0.05, 0) is 31.4 Å². The third kappa shape index (κ3) is 9.05. The molecule has 0 spiro atoms. The van der Waals surface area contributed by atoms with Crippen LogP contribution in [0.25, 0.3) is 0 Å². The summed E-state index contributed by atoms with van der Waals surface area (Å²) in [5.74, 6) is 1.33. The van der Waals surface area contributed by atoms with Crippen LogP contribution in [0.3, 0.4) is 0 Å². The first-order valence-corrected chi connectivity index (χ1v) is 9.81. The van der Waals surface area contributed by atoms with Crippen LogP contribution in [0.15, 0.2) is 29.3 Å². The van der Waals surface area contributed by atoms with E-state index in [1.54, 1.807) is 13.1 Å². The van der Waals surface area contributed by atoms with Crippen LogP contribution in [0.2, 0.25) is 0 Å². The highest BCUT2D eigenvalue weighted by Crippen LogP contribution is 2.17. The van der Waals surface area contributed by atoms with Crippen molar-refractivity contribution in [1.29, 1.82) is 0 Å². The number of nitrogens with one attached hydrogen (secondary N) is 3. The second-order valence-corrected chi connectivity index (χ2v) is 6.55. The molecule has 1 unspecified atom stereocenters. The maximum atomic E-state index is 11.1. The lowest BCUT2D eigenvalue weighted by molar-refractivity contribution is -0.114. The number of hydrogen-bond donors (Lipinski definition) is 3. The van der Waals surface area contributed by atoms with Gasteiger partial charge in [0.2, 0.25) is 5.91 Å². The monoisotopic (exact) mass is 392 g/mol. The van der Waals surface area contributed by atoms with E-state index in [1.165, 1.54) is 6.92 Å². The fraction of sp³-hybridized carbons (Fsp3) is 0.600. The molecule has 1 aliphatic heterocycles. The smallest absolute Gasteiger partial charge is 0.221 e. The van der Waals surface area contributed by atoms with Crippen molar-refractivity contribution >= 4 is 17.6 Å². The lowest BCUT2D eigenvalue weighted by Gasteiger charge is -2.13. The van der Waals surface area contributed by atoms with Crippen LogP contribution in [0, 0.1) is 0 Å². The number of guanidine groups is 1. The van der Waals surface area contributed by atoms with E-state index in [9.17, 15) is 4.79 Å². The lowest BCUT2D eigenvalue weighted by Crippen LogP contribution is -2.40. The molecule has 0 aliphatic carbocycles. The molecule has 1 aromatic rings. The first-order valence-electron chi connectivity index (χ1n) is 9.81. The quantitative estimate of drug-likeness (QED) is 0.302. The van der Waals surface area contributed by atoms with Crippen molar-refractivity contribution in [3.8, 4) is 5.75 Å². The minimum absolute atomic E-state index is 0.106. The maximum Gasteiger partial charge on any atom is 0.221 e. The minimum atomic E-state index is -0.106. The van der Waals surface area contributed by atoms with E-state index in [-0.39, 0.29) is 12.0 Å². The Morgan fingerprint density at radius 1 is 1.29 bits per heavy atom. The molecule has 1 aliphatic rings. The van der Waals surface area contributed by atoms with Gasteiger partial charge in [0.1, 0.15) is 12.4 Å². The Hall–Kier alpha value is -2.32. The van der Waals surface area contributed by atoms with Crippen LogP contribution in [0.1, 0.15) is 26.2 Å². The Kier molecular flexibility index (Phi) is 10.2. The molecule has 156 valence electrons. The standard InChI is InChI=1S/C20H32N4O4/c1-16(25)24-17-6-3-7-18(14-17)28-13-10-23-20(21-2)22-9-5-11-26-15-19-8-4-12-27-19/h3,6-7,14,19H,4-5,8-13,15H2,1-2H3,(H,24,25)(H2,21,22,23). The van der Waals surface area contributed by atoms with E-state index in [1.807, 2.05) is 18.2 Å². The molecule has 0 bridgehead atoms. The molecule has 0 radical (unpaired) electrons. The summed E-state index contributed by atoms with van der Waals surface area (Å²) >= 11 is 0. The molecule has 1 fully saturated rings. The van der Waals surface area contributed by atoms with Gasteiger partial charge in [0.25, 0.3) is 0 Å². The number of aliphatic imine (C=N–C) groups is 1. The minimum Gasteiger partial charge on any atom is -0.492 e. The van der Waals surface area contributed by atoms with Crippen molar-refractivity contribution in [1.82, 2.24) is 10.6 Å². The number of amides is 1. The van der Waals surface area contributed by atoms with E-state index < -0.39 is 0 Å². The van der Waals surface area contributed by atoms with Gasteiger partial charge >= 0.3 is 0 Å². The van der Waals surface area contributed by atoms with Crippen molar-refractivity contribution in [3.63, 3.8) is 0 Å². The highest BCUT2D eigenvalue weighted by molar-refractivity contribution is 5.88. The highest BCUT2D eigenvalue weighted by atomic mass is 16.5. The normalized spacial score (nSPS) is 16.6. The molecule has 1 saturated heterocycles. The van der Waals surface area contributed by atoms with Gasteiger partial charge < -0.3 is 30.2 Å². The molecule has 1 atom stereocenters. The summed E-state index contributed by atoms with van der Waals surface area (Å²) in [6.07, 6.45) is 3.43. The van der Waals surface area contributed by atoms with E-state index >= 15 is 0 Å². The average molecular weight is 393 g/mol. The van der Waals surface area contributed by atoms with Gasteiger partial charge in [0, 0.05) is 45.5 Å². The number of carbonyl (C=O) groups excluding carboxylic acids is 1. The average Bonchev–Trinajstić information content (AvgIpc) is 3.19. The van der Waals surface area contributed by atoms with Gasteiger partial charge in [-0.2, -0.15) is 0 Å². The zero-order valence-corrected chi connectivity index (χ0v) is 16.8. The van der Waals surface area contributed by atoms with E-state index in [0.29, 0.717) is 32.1 Å². The molecule has 8 nitrogen and oxygen atoms in total. The Labute approximate surface area is 167 Å². The van der Waals surface area contributed by atoms with Crippen LogP contribution in [-0.4, -0.2) is 64.5 Å². The molecular weight excluding hydrogens is 360 g/mol. The SMILES string of the molecule is CN=C(NCCCOCC1CCCO1)NCCOc1cccc(NC(C)=O)c1. The molecule has 1 amide bonds. The number of carbonyl (C=O) groups is 1. The van der Waals surface area contributed by atoms with E-state index in [2.05, 4.69) is 20.9 Å². The van der Waals surface area contributed by atoms with Gasteiger partial charge in [-0.25, -0.2) is 0 Å². The largest absolute Gasteiger partial charge is 0.492 e. The molecule has 0 saturated carbocycles. The van der Waals surface area contributed by atoms with Gasteiger partial charge in [-0.1, -0.05) is 6.07 Å². The summed E-state index contributed by atoms with van der Waals surface area (Å²) < 4.78 is 16.9. The third-order valence-electron chi connectivity index (χ3n) is 4.13. The summed E-state index contributed by atoms with van der Waals surface area (Å²) in [5.41, 5.74) is 0.720. The Balaban J connectivity index is 1.52. The number of nitrogens with zero attached hydrogens (tertiary/aromatic N) is 1. The molecule has 28 heavy (non-hydrogen) atoms. The van der Waals surface area contributed by atoms with Crippen LogP contribution >= 0.6 is 0 Å². The Morgan fingerprint density at radius 2 is 2.14 bits per heavy atom. The second kappa shape index (κ2) is 13.0. The fourth-order valence-electron chi connectivity index (χ4n) is 2.80. The molecule has 1 heterocycles. The zero-order valence-electron chi connectivity index (χ0n) is 16.8. The van der Waals surface area contributed by atoms with Crippen LogP contribution < -0.4 is 20.7 Å². The summed E-state index contributed by atoms with van der Waals surface area (Å²) in [5, 5.41) is 9.19. The van der Waals surface area contributed by atoms with Gasteiger partial charge in [0.05, 0.1) is 19.3 Å². The summed E-state index contributed by atoms with van der Waals surface area (Å²) in [4.78, 5) is 15.3. The summed E-state index contributed by atoms with van der Waals surface area (Å²) in [6.45, 7) is 5.61. The molecule has 1 aromatic carbocycles. The van der Waals surface area contributed by atoms with Crippen LogP contribution in [0.5, 0.6) is 5.75 Å². The topological polar surface area (TPSA) is 93.2 Å². The molecule has 3 N–H and O–H groups in total. The van der Waals surface area contributed by atoms with Crippen molar-refractivity contribution in [2.45, 2.75) is 32.3 Å². The molecule has 2 rings (SSSR count). The lowest BCUT2D eigenvalue weighted by atomic mass is 10.2. The van der Waals surface area contributed by atoms with Crippen molar-refractivity contribution in [3.05, 3.63) is 24.3 Å². The highest BCUT2D eigenvalue weighted by Gasteiger charge is 2.14. The zero-order chi connectivity index (χ0) is 20.0. The van der Waals surface area contributed by atoms with Crippen LogP contribution in [0.4, 0.5) is 5.69 Å². The van der Waals surface area contributed by atoms with Crippen LogP contribution in [-0.2, 0) is 14.3 Å². The Morgan fingerprint density at radius 3 is 2.89 bits per heavy atom. The number of hydrogen-bond acceptors (Lipinski definition) is 5.